The van der Waals surface area contributed by atoms with Crippen LogP contribution in [0.1, 0.15) is 5.56 Å². The van der Waals surface area contributed by atoms with Gasteiger partial charge < -0.3 is 8.92 Å². The molecule has 2 nitrogen and oxygen atoms in total. The van der Waals surface area contributed by atoms with Crippen molar-refractivity contribution in [2.24, 2.45) is 0 Å². The quantitative estimate of drug-likeness (QED) is 0.417. The third-order valence-corrected chi connectivity index (χ3v) is 2.01. The molecule has 0 aliphatic rings. The first-order chi connectivity index (χ1) is 7.36. The van der Waals surface area contributed by atoms with Gasteiger partial charge >= 0.3 is 0 Å². The van der Waals surface area contributed by atoms with E-state index in [1.54, 1.807) is 5.41 Å². The summed E-state index contributed by atoms with van der Waals surface area (Å²) >= 11 is 1.19. The Hall–Kier alpha value is -1.37. The minimum atomic E-state index is 0.338. The summed E-state index contributed by atoms with van der Waals surface area (Å²) in [5.41, 5.74) is 1.07. The molecule has 0 aromatic heterocycles. The molecule has 78 valence electrons. The van der Waals surface area contributed by atoms with Crippen molar-refractivity contribution in [1.29, 1.82) is 0 Å². The second kappa shape index (κ2) is 6.99. The van der Waals surface area contributed by atoms with Crippen LogP contribution < -0.4 is 4.18 Å². The summed E-state index contributed by atoms with van der Waals surface area (Å²) in [5, 5.41) is 1.63. The monoisotopic (exact) mass is 220 g/mol. The molecule has 1 aromatic carbocycles. The average Bonchev–Trinajstić information content (AvgIpc) is 2.28. The molecule has 0 atom stereocenters. The second-order valence-corrected chi connectivity index (χ2v) is 3.38. The number of rotatable bonds is 6. The molecule has 15 heavy (non-hydrogen) atoms. The molecule has 0 saturated carbocycles. The highest BCUT2D eigenvalue weighted by Crippen LogP contribution is 2.17. The van der Waals surface area contributed by atoms with Gasteiger partial charge in [-0.05, 0) is 17.7 Å². The Morgan fingerprint density at radius 2 is 2.13 bits per heavy atom. The van der Waals surface area contributed by atoms with Gasteiger partial charge in [-0.25, -0.2) is 0 Å². The van der Waals surface area contributed by atoms with E-state index < -0.39 is 0 Å². The van der Waals surface area contributed by atoms with Gasteiger partial charge in [0.25, 0.3) is 0 Å². The molecule has 0 aliphatic carbocycles. The van der Waals surface area contributed by atoms with E-state index in [2.05, 4.69) is 12.5 Å². The van der Waals surface area contributed by atoms with Crippen molar-refractivity contribution in [3.8, 4) is 18.1 Å². The Morgan fingerprint density at radius 1 is 1.40 bits per heavy atom. The van der Waals surface area contributed by atoms with Gasteiger partial charge in [-0.15, -0.1) is 6.42 Å². The van der Waals surface area contributed by atoms with Crippen molar-refractivity contribution < 1.29 is 8.92 Å². The Morgan fingerprint density at radius 3 is 2.73 bits per heavy atom. The van der Waals surface area contributed by atoms with Gasteiger partial charge in [-0.3, -0.25) is 0 Å². The number of benzene rings is 1. The summed E-state index contributed by atoms with van der Waals surface area (Å²) in [4.78, 5) is 0. The highest BCUT2D eigenvalue weighted by Gasteiger charge is 1.95. The molecule has 1 rings (SSSR count). The predicted molar refractivity (Wildman–Crippen MR) is 63.3 cm³/mol. The third-order valence-electron chi connectivity index (χ3n) is 1.59. The lowest BCUT2D eigenvalue weighted by Crippen LogP contribution is -1.92. The van der Waals surface area contributed by atoms with Gasteiger partial charge in [0, 0.05) is 5.41 Å². The zero-order valence-electron chi connectivity index (χ0n) is 8.31. The molecule has 0 saturated heterocycles. The predicted octanol–water partition coefficient (Wildman–Crippen LogP) is 3.01. The van der Waals surface area contributed by atoms with Gasteiger partial charge in [0.1, 0.15) is 12.4 Å². The smallest absolute Gasteiger partial charge is 0.137 e. The van der Waals surface area contributed by atoms with E-state index in [0.29, 0.717) is 13.2 Å². The number of hydrogen-bond donors (Lipinski definition) is 0. The first-order valence-electron chi connectivity index (χ1n) is 4.41. The van der Waals surface area contributed by atoms with Crippen molar-refractivity contribution >= 4 is 12.0 Å². The second-order valence-electron chi connectivity index (χ2n) is 2.69. The van der Waals surface area contributed by atoms with Crippen LogP contribution in [0, 0.1) is 12.3 Å². The zero-order chi connectivity index (χ0) is 10.9. The van der Waals surface area contributed by atoms with Crippen LogP contribution in [0.15, 0.2) is 36.3 Å². The van der Waals surface area contributed by atoms with Crippen molar-refractivity contribution in [2.45, 2.75) is 6.61 Å². The Kier molecular flexibility index (Phi) is 5.46. The topological polar surface area (TPSA) is 18.5 Å². The summed E-state index contributed by atoms with van der Waals surface area (Å²) in [6.07, 6.45) is 5.06. The minimum Gasteiger partial charge on any atom is -0.421 e. The molecule has 0 amide bonds. The molecule has 0 aliphatic heterocycles. The lowest BCUT2D eigenvalue weighted by atomic mass is 10.2. The molecule has 0 spiro atoms. The molecule has 1 aromatic rings. The Balaban J connectivity index is 2.42. The minimum absolute atomic E-state index is 0.338. The molecule has 0 unspecified atom stereocenters. The molecule has 3 heteroatoms. The fourth-order valence-corrected chi connectivity index (χ4v) is 1.25. The largest absolute Gasteiger partial charge is 0.421 e. The van der Waals surface area contributed by atoms with Crippen LogP contribution >= 0.6 is 12.0 Å². The maximum atomic E-state index is 5.26. The number of ether oxygens (including phenoxy) is 1. The van der Waals surface area contributed by atoms with E-state index in [1.807, 2.05) is 24.3 Å². The van der Waals surface area contributed by atoms with Gasteiger partial charge in [-0.1, -0.05) is 24.6 Å². The summed E-state index contributed by atoms with van der Waals surface area (Å²) < 4.78 is 10.5. The van der Waals surface area contributed by atoms with Crippen LogP contribution in [0.25, 0.3) is 0 Å². The summed E-state index contributed by atoms with van der Waals surface area (Å²) in [6, 6.07) is 7.64. The van der Waals surface area contributed by atoms with Crippen molar-refractivity contribution in [3.63, 3.8) is 0 Å². The van der Waals surface area contributed by atoms with Gasteiger partial charge in [0.2, 0.25) is 0 Å². The molecule has 0 heterocycles. The Labute approximate surface area is 94.5 Å². The molecule has 0 radical (unpaired) electrons. The number of terminal acetylenes is 1. The normalized spacial score (nSPS) is 9.27. The van der Waals surface area contributed by atoms with Gasteiger partial charge in [0.05, 0.1) is 18.6 Å². The van der Waals surface area contributed by atoms with Crippen molar-refractivity contribution in [1.82, 2.24) is 0 Å². The fourth-order valence-electron chi connectivity index (χ4n) is 0.959. The average molecular weight is 220 g/mol. The van der Waals surface area contributed by atoms with Crippen LogP contribution in [0.5, 0.6) is 5.75 Å². The molecular formula is C12H12O2S. The maximum absolute atomic E-state index is 5.26. The van der Waals surface area contributed by atoms with Crippen LogP contribution in [-0.4, -0.2) is 6.61 Å². The van der Waals surface area contributed by atoms with Crippen LogP contribution in [0.3, 0.4) is 0 Å². The van der Waals surface area contributed by atoms with E-state index in [0.717, 1.165) is 11.3 Å². The van der Waals surface area contributed by atoms with Gasteiger partial charge in [-0.2, -0.15) is 0 Å². The Bertz CT molecular complexity index is 338. The van der Waals surface area contributed by atoms with Crippen molar-refractivity contribution in [2.75, 3.05) is 6.61 Å². The molecule has 0 bridgehead atoms. The lowest BCUT2D eigenvalue weighted by molar-refractivity contribution is 0.153. The van der Waals surface area contributed by atoms with Crippen LogP contribution in [0.2, 0.25) is 0 Å². The summed E-state index contributed by atoms with van der Waals surface area (Å²) in [6.45, 7) is 4.41. The van der Waals surface area contributed by atoms with E-state index >= 15 is 0 Å². The lowest BCUT2D eigenvalue weighted by Gasteiger charge is -2.03. The highest BCUT2D eigenvalue weighted by molar-refractivity contribution is 7.97. The fraction of sp³-hybridized carbons (Fsp3) is 0.167. The van der Waals surface area contributed by atoms with E-state index in [1.165, 1.54) is 12.0 Å². The van der Waals surface area contributed by atoms with Crippen LogP contribution in [0.4, 0.5) is 0 Å². The maximum Gasteiger partial charge on any atom is 0.137 e. The zero-order valence-corrected chi connectivity index (χ0v) is 9.13. The molecular weight excluding hydrogens is 208 g/mol. The summed E-state index contributed by atoms with van der Waals surface area (Å²) in [7, 11) is 0. The first kappa shape index (κ1) is 11.7. The highest BCUT2D eigenvalue weighted by atomic mass is 32.2. The van der Waals surface area contributed by atoms with E-state index in [4.69, 9.17) is 15.3 Å². The van der Waals surface area contributed by atoms with Crippen LogP contribution in [-0.2, 0) is 11.3 Å². The van der Waals surface area contributed by atoms with Gasteiger partial charge in [0.15, 0.2) is 0 Å². The number of hydrogen-bond acceptors (Lipinski definition) is 3. The SMILES string of the molecule is C#CCOCc1ccc(OSC=C)cc1. The first-order valence-corrected chi connectivity index (χ1v) is 5.21. The summed E-state index contributed by atoms with van der Waals surface area (Å²) in [5.74, 6) is 3.21. The molecule has 0 N–H and O–H groups in total. The third kappa shape index (κ3) is 4.59. The van der Waals surface area contributed by atoms with E-state index in [9.17, 15) is 0 Å². The van der Waals surface area contributed by atoms with E-state index in [-0.39, 0.29) is 0 Å². The molecule has 0 fully saturated rings. The standard InChI is InChI=1S/C12H12O2S/c1-3-9-13-10-11-5-7-12(8-6-11)14-15-4-2/h1,4-8H,2,9-10H2. The van der Waals surface area contributed by atoms with Crippen molar-refractivity contribution in [3.05, 3.63) is 41.8 Å².